The first kappa shape index (κ1) is 12.8. The number of halogens is 1. The molecule has 1 saturated heterocycles. The lowest BCUT2D eigenvalue weighted by Gasteiger charge is -2.24. The van der Waals surface area contributed by atoms with Crippen molar-refractivity contribution >= 4 is 15.5 Å². The van der Waals surface area contributed by atoms with Crippen LogP contribution in [0.25, 0.3) is 0 Å². The fourth-order valence-corrected chi connectivity index (χ4v) is 3.75. The number of sulfone groups is 1. The fourth-order valence-electron chi connectivity index (χ4n) is 2.11. The summed E-state index contributed by atoms with van der Waals surface area (Å²) in [5, 5.41) is 11.8. The van der Waals surface area contributed by atoms with E-state index < -0.39 is 15.7 Å². The van der Waals surface area contributed by atoms with Gasteiger partial charge in [0, 0.05) is 6.04 Å². The van der Waals surface area contributed by atoms with Crippen molar-refractivity contribution in [2.24, 2.45) is 0 Å². The number of hydrogen-bond acceptors (Lipinski definition) is 4. The van der Waals surface area contributed by atoms with Gasteiger partial charge < -0.3 is 5.32 Å². The highest BCUT2D eigenvalue weighted by Crippen LogP contribution is 2.22. The Morgan fingerprint density at radius 2 is 2.22 bits per heavy atom. The van der Waals surface area contributed by atoms with Crippen LogP contribution in [0, 0.1) is 17.1 Å². The third kappa shape index (κ3) is 2.79. The van der Waals surface area contributed by atoms with Crippen LogP contribution in [0.15, 0.2) is 18.2 Å². The second kappa shape index (κ2) is 4.94. The number of anilines is 1. The topological polar surface area (TPSA) is 70.0 Å². The second-order valence-corrected chi connectivity index (χ2v) is 6.60. The van der Waals surface area contributed by atoms with Gasteiger partial charge in [-0.25, -0.2) is 12.8 Å². The third-order valence-electron chi connectivity index (χ3n) is 2.95. The van der Waals surface area contributed by atoms with Gasteiger partial charge in [0.05, 0.1) is 17.2 Å². The quantitative estimate of drug-likeness (QED) is 0.886. The van der Waals surface area contributed by atoms with E-state index >= 15 is 0 Å². The average molecular weight is 268 g/mol. The molecule has 6 heteroatoms. The molecule has 0 aromatic heterocycles. The molecule has 96 valence electrons. The summed E-state index contributed by atoms with van der Waals surface area (Å²) in [6, 6.07) is 5.83. The summed E-state index contributed by atoms with van der Waals surface area (Å²) in [4.78, 5) is 0. The third-order valence-corrected chi connectivity index (χ3v) is 4.77. The summed E-state index contributed by atoms with van der Waals surface area (Å²) in [5.74, 6) is -0.352. The maximum absolute atomic E-state index is 13.4. The van der Waals surface area contributed by atoms with Crippen LogP contribution in [-0.4, -0.2) is 26.0 Å². The smallest absolute Gasteiger partial charge is 0.152 e. The Bertz CT molecular complexity index is 593. The Balaban J connectivity index is 2.20. The summed E-state index contributed by atoms with van der Waals surface area (Å²) in [6.07, 6.45) is 1.30. The second-order valence-electron chi connectivity index (χ2n) is 4.37. The SMILES string of the molecule is N#Cc1c(F)cccc1N[C@@H]1CCCS(=O)(=O)C1. The molecular formula is C12H13FN2O2S. The monoisotopic (exact) mass is 268 g/mol. The largest absolute Gasteiger partial charge is 0.380 e. The predicted molar refractivity (Wildman–Crippen MR) is 66.4 cm³/mol. The lowest BCUT2D eigenvalue weighted by Crippen LogP contribution is -2.35. The highest BCUT2D eigenvalue weighted by atomic mass is 32.2. The van der Waals surface area contributed by atoms with Gasteiger partial charge in [0.15, 0.2) is 9.84 Å². The molecular weight excluding hydrogens is 255 g/mol. The molecule has 1 heterocycles. The summed E-state index contributed by atoms with van der Waals surface area (Å²) in [5.41, 5.74) is 0.292. The van der Waals surface area contributed by atoms with Crippen molar-refractivity contribution < 1.29 is 12.8 Å². The molecule has 4 nitrogen and oxygen atoms in total. The molecule has 1 fully saturated rings. The molecule has 2 rings (SSSR count). The van der Waals surface area contributed by atoms with Crippen LogP contribution in [0.3, 0.4) is 0 Å². The van der Waals surface area contributed by atoms with Gasteiger partial charge in [-0.1, -0.05) is 6.07 Å². The summed E-state index contributed by atoms with van der Waals surface area (Å²) >= 11 is 0. The first-order valence-electron chi connectivity index (χ1n) is 5.67. The predicted octanol–water partition coefficient (Wildman–Crippen LogP) is 1.69. The van der Waals surface area contributed by atoms with Crippen molar-refractivity contribution in [1.29, 1.82) is 5.26 Å². The van der Waals surface area contributed by atoms with Gasteiger partial charge in [-0.2, -0.15) is 5.26 Å². The maximum Gasteiger partial charge on any atom is 0.152 e. The Hall–Kier alpha value is -1.61. The molecule has 1 aromatic rings. The number of nitriles is 1. The standard InChI is InChI=1S/C12H13FN2O2S/c13-11-4-1-5-12(10(11)7-14)15-9-3-2-6-18(16,17)8-9/h1,4-5,9,15H,2-3,6,8H2/t9-/m1/s1. The van der Waals surface area contributed by atoms with Crippen molar-refractivity contribution in [2.75, 3.05) is 16.8 Å². The van der Waals surface area contributed by atoms with Crippen molar-refractivity contribution in [1.82, 2.24) is 0 Å². The van der Waals surface area contributed by atoms with Crippen LogP contribution in [0.5, 0.6) is 0 Å². The Labute approximate surface area is 105 Å². The van der Waals surface area contributed by atoms with E-state index in [0.717, 1.165) is 0 Å². The van der Waals surface area contributed by atoms with E-state index in [-0.39, 0.29) is 23.1 Å². The van der Waals surface area contributed by atoms with Gasteiger partial charge in [-0.3, -0.25) is 0 Å². The zero-order chi connectivity index (χ0) is 13.2. The molecule has 1 aliphatic rings. The fraction of sp³-hybridized carbons (Fsp3) is 0.417. The van der Waals surface area contributed by atoms with Crippen LogP contribution in [-0.2, 0) is 9.84 Å². The van der Waals surface area contributed by atoms with Gasteiger partial charge in [-0.15, -0.1) is 0 Å². The van der Waals surface area contributed by atoms with Gasteiger partial charge in [0.1, 0.15) is 17.4 Å². The molecule has 1 atom stereocenters. The number of rotatable bonds is 2. The van der Waals surface area contributed by atoms with E-state index in [0.29, 0.717) is 18.5 Å². The summed E-state index contributed by atoms with van der Waals surface area (Å²) in [6.45, 7) is 0. The minimum atomic E-state index is -3.02. The Kier molecular flexibility index (Phi) is 3.53. The molecule has 1 N–H and O–H groups in total. The number of benzene rings is 1. The van der Waals surface area contributed by atoms with E-state index in [9.17, 15) is 12.8 Å². The zero-order valence-electron chi connectivity index (χ0n) is 9.69. The Morgan fingerprint density at radius 3 is 2.89 bits per heavy atom. The van der Waals surface area contributed by atoms with Gasteiger partial charge >= 0.3 is 0 Å². The van der Waals surface area contributed by atoms with E-state index in [2.05, 4.69) is 5.32 Å². The molecule has 1 aromatic carbocycles. The van der Waals surface area contributed by atoms with Crippen LogP contribution in [0.2, 0.25) is 0 Å². The van der Waals surface area contributed by atoms with E-state index in [1.54, 1.807) is 12.1 Å². The summed E-state index contributed by atoms with van der Waals surface area (Å²) < 4.78 is 36.4. The molecule has 0 bridgehead atoms. The van der Waals surface area contributed by atoms with Crippen LogP contribution in [0.4, 0.5) is 10.1 Å². The lowest BCUT2D eigenvalue weighted by atomic mass is 10.1. The van der Waals surface area contributed by atoms with E-state index in [1.165, 1.54) is 12.1 Å². The van der Waals surface area contributed by atoms with Crippen molar-refractivity contribution in [2.45, 2.75) is 18.9 Å². The molecule has 0 unspecified atom stereocenters. The molecule has 0 amide bonds. The van der Waals surface area contributed by atoms with E-state index in [4.69, 9.17) is 5.26 Å². The molecule has 18 heavy (non-hydrogen) atoms. The van der Waals surface area contributed by atoms with Crippen LogP contribution < -0.4 is 5.32 Å². The minimum absolute atomic E-state index is 0.0361. The van der Waals surface area contributed by atoms with Crippen molar-refractivity contribution in [3.05, 3.63) is 29.6 Å². The van der Waals surface area contributed by atoms with Gasteiger partial charge in [0.25, 0.3) is 0 Å². The van der Waals surface area contributed by atoms with Crippen molar-refractivity contribution in [3.63, 3.8) is 0 Å². The number of nitrogens with zero attached hydrogens (tertiary/aromatic N) is 1. The maximum atomic E-state index is 13.4. The van der Waals surface area contributed by atoms with Gasteiger partial charge in [0.2, 0.25) is 0 Å². The van der Waals surface area contributed by atoms with Crippen LogP contribution >= 0.6 is 0 Å². The lowest BCUT2D eigenvalue weighted by molar-refractivity contribution is 0.561. The summed E-state index contributed by atoms with van der Waals surface area (Å²) in [7, 11) is -3.02. The molecule has 0 spiro atoms. The molecule has 0 aliphatic carbocycles. The van der Waals surface area contributed by atoms with Gasteiger partial charge in [-0.05, 0) is 25.0 Å². The number of nitrogens with one attached hydrogen (secondary N) is 1. The zero-order valence-corrected chi connectivity index (χ0v) is 10.5. The number of hydrogen-bond donors (Lipinski definition) is 1. The first-order valence-corrected chi connectivity index (χ1v) is 7.49. The molecule has 1 aliphatic heterocycles. The average Bonchev–Trinajstić information content (AvgIpc) is 2.28. The molecule has 0 radical (unpaired) electrons. The minimum Gasteiger partial charge on any atom is -0.380 e. The molecule has 0 saturated carbocycles. The normalized spacial score (nSPS) is 22.1. The highest BCUT2D eigenvalue weighted by molar-refractivity contribution is 7.91. The van der Waals surface area contributed by atoms with E-state index in [1.807, 2.05) is 0 Å². The van der Waals surface area contributed by atoms with Crippen molar-refractivity contribution in [3.8, 4) is 6.07 Å². The van der Waals surface area contributed by atoms with Crippen LogP contribution in [0.1, 0.15) is 18.4 Å². The first-order chi connectivity index (χ1) is 8.52. The highest BCUT2D eigenvalue weighted by Gasteiger charge is 2.25. The Morgan fingerprint density at radius 1 is 1.44 bits per heavy atom.